The Balaban J connectivity index is 3.70. The second-order valence-corrected chi connectivity index (χ2v) is 1.51. The van der Waals surface area contributed by atoms with Crippen molar-refractivity contribution in [3.05, 3.63) is 0 Å². The molecular weight excluding hydrogens is 136 g/mol. The topological polar surface area (TPSA) is 60.4 Å². The number of ketones is 1. The van der Waals surface area contributed by atoms with Crippen LogP contribution >= 0.6 is 0 Å². The van der Waals surface area contributed by atoms with Gasteiger partial charge in [0, 0.05) is 0 Å². The summed E-state index contributed by atoms with van der Waals surface area (Å²) in [6.07, 6.45) is -0.0158. The number of carbonyl (C=O) groups is 3. The van der Waals surface area contributed by atoms with Crippen LogP contribution in [0.3, 0.4) is 0 Å². The number of hydrogen-bond acceptors (Lipinski definition) is 4. The molecule has 4 nitrogen and oxygen atoms in total. The van der Waals surface area contributed by atoms with Crippen LogP contribution in [0, 0.1) is 0 Å². The van der Waals surface area contributed by atoms with Crippen LogP contribution in [0.4, 0.5) is 0 Å². The van der Waals surface area contributed by atoms with E-state index in [4.69, 9.17) is 0 Å². The van der Waals surface area contributed by atoms with Crippen LogP contribution in [0.15, 0.2) is 0 Å². The van der Waals surface area contributed by atoms with E-state index in [1.165, 1.54) is 0 Å². The van der Waals surface area contributed by atoms with Crippen molar-refractivity contribution >= 4 is 18.0 Å². The van der Waals surface area contributed by atoms with Crippen molar-refractivity contribution in [3.63, 3.8) is 0 Å². The molecule has 0 aliphatic carbocycles. The Bertz CT molecular complexity index is 150. The normalized spacial score (nSPS) is 8.50. The van der Waals surface area contributed by atoms with Gasteiger partial charge in [0.05, 0.1) is 13.0 Å². The quantitative estimate of drug-likeness (QED) is 0.235. The summed E-state index contributed by atoms with van der Waals surface area (Å²) in [4.78, 5) is 30.5. The summed E-state index contributed by atoms with van der Waals surface area (Å²) in [5, 5.41) is 0. The van der Waals surface area contributed by atoms with Crippen molar-refractivity contribution < 1.29 is 19.1 Å². The predicted molar refractivity (Wildman–Crippen MR) is 32.3 cm³/mol. The molecule has 4 heteroatoms. The maximum Gasteiger partial charge on any atom is 0.375 e. The molecule has 0 unspecified atom stereocenters. The number of esters is 1. The minimum absolute atomic E-state index is 0.156. The largest absolute Gasteiger partial charge is 0.460 e. The number of carbonyl (C=O) groups excluding carboxylic acids is 3. The zero-order valence-corrected chi connectivity index (χ0v) is 5.62. The van der Waals surface area contributed by atoms with E-state index >= 15 is 0 Å². The van der Waals surface area contributed by atoms with Gasteiger partial charge in [0.1, 0.15) is 6.29 Å². The Hall–Kier alpha value is -1.19. The molecule has 0 heterocycles. The molecule has 0 aliphatic rings. The molecule has 0 fully saturated rings. The molecular formula is C6H8O4. The molecule has 0 aliphatic heterocycles. The average Bonchev–Trinajstić information content (AvgIpc) is 1.89. The van der Waals surface area contributed by atoms with Crippen molar-refractivity contribution in [1.82, 2.24) is 0 Å². The van der Waals surface area contributed by atoms with Crippen molar-refractivity contribution in [1.29, 1.82) is 0 Å². The first kappa shape index (κ1) is 8.81. The van der Waals surface area contributed by atoms with Crippen LogP contribution in [-0.2, 0) is 19.1 Å². The third-order valence-corrected chi connectivity index (χ3v) is 0.772. The van der Waals surface area contributed by atoms with Crippen molar-refractivity contribution in [3.8, 4) is 0 Å². The van der Waals surface area contributed by atoms with Crippen molar-refractivity contribution in [2.75, 3.05) is 6.61 Å². The Morgan fingerprint density at radius 1 is 1.50 bits per heavy atom. The van der Waals surface area contributed by atoms with Crippen LogP contribution in [0.2, 0.25) is 0 Å². The fraction of sp³-hybridized carbons (Fsp3) is 0.500. The SMILES string of the molecule is CCOC(=O)C(=O)CC=O. The fourth-order valence-electron chi connectivity index (χ4n) is 0.371. The Labute approximate surface area is 58.2 Å². The van der Waals surface area contributed by atoms with Gasteiger partial charge in [-0.3, -0.25) is 4.79 Å². The molecule has 0 radical (unpaired) electrons. The van der Waals surface area contributed by atoms with Crippen LogP contribution in [0.5, 0.6) is 0 Å². The Morgan fingerprint density at radius 2 is 2.10 bits per heavy atom. The summed E-state index contributed by atoms with van der Waals surface area (Å²) >= 11 is 0. The van der Waals surface area contributed by atoms with E-state index in [0.717, 1.165) is 0 Å². The second-order valence-electron chi connectivity index (χ2n) is 1.51. The van der Waals surface area contributed by atoms with Crippen LogP contribution in [0.1, 0.15) is 13.3 Å². The minimum Gasteiger partial charge on any atom is -0.460 e. The molecule has 0 saturated carbocycles. The number of aldehydes is 1. The van der Waals surface area contributed by atoms with Gasteiger partial charge in [-0.05, 0) is 6.92 Å². The van der Waals surface area contributed by atoms with Crippen molar-refractivity contribution in [2.45, 2.75) is 13.3 Å². The van der Waals surface area contributed by atoms with Gasteiger partial charge in [-0.25, -0.2) is 4.79 Å². The zero-order chi connectivity index (χ0) is 7.98. The van der Waals surface area contributed by atoms with Gasteiger partial charge in [-0.15, -0.1) is 0 Å². The van der Waals surface area contributed by atoms with Gasteiger partial charge < -0.3 is 9.53 Å². The Kier molecular flexibility index (Phi) is 4.11. The fourth-order valence-corrected chi connectivity index (χ4v) is 0.371. The minimum atomic E-state index is -0.936. The van der Waals surface area contributed by atoms with E-state index in [-0.39, 0.29) is 6.61 Å². The van der Waals surface area contributed by atoms with E-state index in [9.17, 15) is 14.4 Å². The summed E-state index contributed by atoms with van der Waals surface area (Å²) in [6, 6.07) is 0. The highest BCUT2D eigenvalue weighted by Gasteiger charge is 2.12. The summed E-state index contributed by atoms with van der Waals surface area (Å²) in [7, 11) is 0. The lowest BCUT2D eigenvalue weighted by molar-refractivity contribution is -0.153. The van der Waals surface area contributed by atoms with Gasteiger partial charge >= 0.3 is 5.97 Å². The summed E-state index contributed by atoms with van der Waals surface area (Å²) in [6.45, 7) is 1.75. The second kappa shape index (κ2) is 4.67. The lowest BCUT2D eigenvalue weighted by Crippen LogP contribution is -2.17. The third kappa shape index (κ3) is 2.96. The van der Waals surface area contributed by atoms with Gasteiger partial charge in [-0.2, -0.15) is 0 Å². The highest BCUT2D eigenvalue weighted by molar-refractivity contribution is 6.35. The van der Waals surface area contributed by atoms with Gasteiger partial charge in [0.15, 0.2) is 0 Å². The molecule has 0 N–H and O–H groups in total. The summed E-state index contributed by atoms with van der Waals surface area (Å²) in [5.74, 6) is -1.73. The molecule has 0 rings (SSSR count). The van der Waals surface area contributed by atoms with Gasteiger partial charge in [0.2, 0.25) is 5.78 Å². The standard InChI is InChI=1S/C6H8O4/c1-2-10-6(9)5(8)3-4-7/h4H,2-3H2,1H3. The van der Waals surface area contributed by atoms with E-state index < -0.39 is 18.2 Å². The first-order valence-electron chi connectivity index (χ1n) is 2.86. The molecule has 0 spiro atoms. The smallest absolute Gasteiger partial charge is 0.375 e. The van der Waals surface area contributed by atoms with E-state index in [0.29, 0.717) is 6.29 Å². The highest BCUT2D eigenvalue weighted by Crippen LogP contribution is 1.83. The highest BCUT2D eigenvalue weighted by atomic mass is 16.5. The van der Waals surface area contributed by atoms with E-state index in [1.807, 2.05) is 0 Å². The number of ether oxygens (including phenoxy) is 1. The molecule has 56 valence electrons. The molecule has 0 amide bonds. The molecule has 0 saturated heterocycles. The summed E-state index contributed by atoms with van der Waals surface area (Å²) < 4.78 is 4.31. The van der Waals surface area contributed by atoms with Crippen LogP contribution in [0.25, 0.3) is 0 Å². The Morgan fingerprint density at radius 3 is 2.50 bits per heavy atom. The molecule has 0 aromatic heterocycles. The van der Waals surface area contributed by atoms with Crippen molar-refractivity contribution in [2.24, 2.45) is 0 Å². The van der Waals surface area contributed by atoms with Gasteiger partial charge in [0.25, 0.3) is 0 Å². The third-order valence-electron chi connectivity index (χ3n) is 0.772. The lowest BCUT2D eigenvalue weighted by atomic mass is 10.3. The molecule has 0 aromatic carbocycles. The average molecular weight is 144 g/mol. The van der Waals surface area contributed by atoms with Crippen LogP contribution < -0.4 is 0 Å². The van der Waals surface area contributed by atoms with Crippen LogP contribution in [-0.4, -0.2) is 24.6 Å². The first-order chi connectivity index (χ1) is 4.72. The maximum atomic E-state index is 10.4. The molecule has 10 heavy (non-hydrogen) atoms. The first-order valence-corrected chi connectivity index (χ1v) is 2.86. The maximum absolute atomic E-state index is 10.4. The molecule has 0 bridgehead atoms. The lowest BCUT2D eigenvalue weighted by Gasteiger charge is -1.95. The van der Waals surface area contributed by atoms with E-state index in [1.54, 1.807) is 6.92 Å². The molecule has 0 aromatic rings. The monoisotopic (exact) mass is 144 g/mol. The predicted octanol–water partition coefficient (Wildman–Crippen LogP) is -0.292. The number of hydrogen-bond donors (Lipinski definition) is 0. The number of rotatable bonds is 4. The summed E-state index contributed by atoms with van der Waals surface area (Å²) in [5.41, 5.74) is 0. The van der Waals surface area contributed by atoms with E-state index in [2.05, 4.69) is 4.74 Å². The molecule has 0 atom stereocenters. The zero-order valence-electron chi connectivity index (χ0n) is 5.62. The van der Waals surface area contributed by atoms with Gasteiger partial charge in [-0.1, -0.05) is 0 Å². The number of Topliss-reactive ketones (excluding diaryl/α,β-unsaturated/α-hetero) is 1.